The molecule has 0 radical (unpaired) electrons. The molecule has 0 spiro atoms. The van der Waals surface area contributed by atoms with Crippen LogP contribution in [0.4, 0.5) is 5.13 Å². The minimum absolute atomic E-state index is 0.0111. The second-order valence-corrected chi connectivity index (χ2v) is 7.70. The zero-order valence-electron chi connectivity index (χ0n) is 15.8. The Kier molecular flexibility index (Phi) is 5.86. The number of anilines is 1. The van der Waals surface area contributed by atoms with Crippen molar-refractivity contribution in [3.05, 3.63) is 58.6 Å². The summed E-state index contributed by atoms with van der Waals surface area (Å²) in [6.45, 7) is 6.40. The molecular formula is C21H23N3O2S. The van der Waals surface area contributed by atoms with Gasteiger partial charge >= 0.3 is 0 Å². The quantitative estimate of drug-likeness (QED) is 0.688. The predicted molar refractivity (Wildman–Crippen MR) is 110 cm³/mol. The van der Waals surface area contributed by atoms with Crippen molar-refractivity contribution in [1.29, 1.82) is 0 Å². The molecule has 1 N–H and O–H groups in total. The number of amides is 2. The Hall–Kier alpha value is -2.73. The van der Waals surface area contributed by atoms with Crippen molar-refractivity contribution < 1.29 is 9.59 Å². The number of carbonyl (C=O) groups is 2. The van der Waals surface area contributed by atoms with Gasteiger partial charge in [0.2, 0.25) is 5.91 Å². The fourth-order valence-electron chi connectivity index (χ4n) is 2.89. The molecule has 1 aromatic heterocycles. The number of fused-ring (bicyclic) bond motifs is 1. The van der Waals surface area contributed by atoms with Crippen molar-refractivity contribution in [3.8, 4) is 0 Å². The van der Waals surface area contributed by atoms with Crippen molar-refractivity contribution in [2.75, 3.05) is 18.4 Å². The summed E-state index contributed by atoms with van der Waals surface area (Å²) in [4.78, 5) is 32.4. The van der Waals surface area contributed by atoms with Crippen molar-refractivity contribution in [2.24, 2.45) is 0 Å². The van der Waals surface area contributed by atoms with E-state index in [9.17, 15) is 9.59 Å². The van der Waals surface area contributed by atoms with Crippen LogP contribution in [-0.4, -0.2) is 34.8 Å². The average Bonchev–Trinajstić information content (AvgIpc) is 2.97. The molecule has 0 aliphatic carbocycles. The normalized spacial score (nSPS) is 10.8. The summed E-state index contributed by atoms with van der Waals surface area (Å²) in [7, 11) is 0. The van der Waals surface area contributed by atoms with Gasteiger partial charge in [0.25, 0.3) is 5.91 Å². The lowest BCUT2D eigenvalue weighted by atomic mass is 10.1. The minimum atomic E-state index is -0.230. The Morgan fingerprint density at radius 1 is 1.11 bits per heavy atom. The van der Waals surface area contributed by atoms with E-state index in [2.05, 4.69) is 10.3 Å². The molecule has 3 aromatic rings. The SMILES string of the molecule is CCCN(CC(=O)Nc1nc(C)c(C)s1)C(=O)c1ccc2ccccc2c1. The van der Waals surface area contributed by atoms with Gasteiger partial charge < -0.3 is 10.2 Å². The standard InChI is InChI=1S/C21H23N3O2S/c1-4-11-24(13-19(25)23-21-22-14(2)15(3)27-21)20(26)18-10-9-16-7-5-6-8-17(16)12-18/h5-10,12H,4,11,13H2,1-3H3,(H,22,23,25). The number of thiazole rings is 1. The number of nitrogens with zero attached hydrogens (tertiary/aromatic N) is 2. The maximum atomic E-state index is 13.0. The number of benzene rings is 2. The summed E-state index contributed by atoms with van der Waals surface area (Å²) in [6.07, 6.45) is 0.780. The van der Waals surface area contributed by atoms with Crippen LogP contribution in [0, 0.1) is 13.8 Å². The highest BCUT2D eigenvalue weighted by Gasteiger charge is 2.19. The van der Waals surface area contributed by atoms with Crippen LogP contribution in [0.3, 0.4) is 0 Å². The number of aromatic nitrogens is 1. The number of nitrogens with one attached hydrogen (secondary N) is 1. The Morgan fingerprint density at radius 2 is 1.85 bits per heavy atom. The lowest BCUT2D eigenvalue weighted by molar-refractivity contribution is -0.116. The monoisotopic (exact) mass is 381 g/mol. The maximum absolute atomic E-state index is 13.0. The van der Waals surface area contributed by atoms with Crippen LogP contribution >= 0.6 is 11.3 Å². The number of hydrogen-bond acceptors (Lipinski definition) is 4. The first-order chi connectivity index (χ1) is 13.0. The molecule has 2 amide bonds. The molecule has 140 valence electrons. The predicted octanol–water partition coefficient (Wildman–Crippen LogP) is 4.40. The van der Waals surface area contributed by atoms with Gasteiger partial charge in [-0.25, -0.2) is 4.98 Å². The summed E-state index contributed by atoms with van der Waals surface area (Å²) in [6, 6.07) is 13.6. The van der Waals surface area contributed by atoms with Crippen LogP contribution in [0.5, 0.6) is 0 Å². The van der Waals surface area contributed by atoms with Crippen molar-refractivity contribution in [1.82, 2.24) is 9.88 Å². The van der Waals surface area contributed by atoms with E-state index in [-0.39, 0.29) is 18.4 Å². The lowest BCUT2D eigenvalue weighted by Crippen LogP contribution is -2.38. The molecular weight excluding hydrogens is 358 g/mol. The molecule has 0 aliphatic heterocycles. The zero-order valence-corrected chi connectivity index (χ0v) is 16.6. The molecule has 6 heteroatoms. The second kappa shape index (κ2) is 8.31. The van der Waals surface area contributed by atoms with Gasteiger partial charge in [-0.05, 0) is 43.2 Å². The van der Waals surface area contributed by atoms with E-state index in [1.807, 2.05) is 63.2 Å². The highest BCUT2D eigenvalue weighted by Crippen LogP contribution is 2.21. The van der Waals surface area contributed by atoms with Gasteiger partial charge in [0.15, 0.2) is 5.13 Å². The van der Waals surface area contributed by atoms with Crippen LogP contribution in [-0.2, 0) is 4.79 Å². The molecule has 0 atom stereocenters. The average molecular weight is 382 g/mol. The van der Waals surface area contributed by atoms with Crippen molar-refractivity contribution >= 4 is 39.1 Å². The molecule has 3 rings (SSSR count). The molecule has 0 bridgehead atoms. The van der Waals surface area contributed by atoms with E-state index in [0.717, 1.165) is 27.8 Å². The molecule has 5 nitrogen and oxygen atoms in total. The van der Waals surface area contributed by atoms with E-state index in [0.29, 0.717) is 17.2 Å². The molecule has 0 saturated heterocycles. The largest absolute Gasteiger partial charge is 0.329 e. The van der Waals surface area contributed by atoms with Crippen LogP contribution in [0.15, 0.2) is 42.5 Å². The molecule has 0 fully saturated rings. The van der Waals surface area contributed by atoms with Gasteiger partial charge in [-0.3, -0.25) is 9.59 Å². The second-order valence-electron chi connectivity index (χ2n) is 6.50. The summed E-state index contributed by atoms with van der Waals surface area (Å²) in [5.41, 5.74) is 1.50. The van der Waals surface area contributed by atoms with Crippen molar-refractivity contribution in [3.63, 3.8) is 0 Å². The number of hydrogen-bond donors (Lipinski definition) is 1. The van der Waals surface area contributed by atoms with Crippen molar-refractivity contribution in [2.45, 2.75) is 27.2 Å². The fourth-order valence-corrected chi connectivity index (χ4v) is 3.72. The molecule has 0 saturated carbocycles. The lowest BCUT2D eigenvalue weighted by Gasteiger charge is -2.21. The Bertz CT molecular complexity index is 961. The summed E-state index contributed by atoms with van der Waals surface area (Å²) in [5, 5.41) is 5.48. The minimum Gasteiger partial charge on any atom is -0.329 e. The van der Waals surface area contributed by atoms with E-state index in [1.54, 1.807) is 4.90 Å². The van der Waals surface area contributed by atoms with Gasteiger partial charge in [-0.1, -0.05) is 37.3 Å². The van der Waals surface area contributed by atoms with Crippen LogP contribution in [0.1, 0.15) is 34.3 Å². The Balaban J connectivity index is 1.74. The van der Waals surface area contributed by atoms with E-state index in [4.69, 9.17) is 0 Å². The summed E-state index contributed by atoms with van der Waals surface area (Å²) >= 11 is 1.44. The maximum Gasteiger partial charge on any atom is 0.254 e. The first kappa shape index (κ1) is 19.0. The van der Waals surface area contributed by atoms with E-state index in [1.165, 1.54) is 11.3 Å². The third-order valence-electron chi connectivity index (χ3n) is 4.39. The summed E-state index contributed by atoms with van der Waals surface area (Å²) < 4.78 is 0. The van der Waals surface area contributed by atoms with Gasteiger partial charge in [0, 0.05) is 17.0 Å². The molecule has 2 aromatic carbocycles. The van der Waals surface area contributed by atoms with Crippen LogP contribution in [0.25, 0.3) is 10.8 Å². The van der Waals surface area contributed by atoms with Crippen LogP contribution in [0.2, 0.25) is 0 Å². The van der Waals surface area contributed by atoms with Gasteiger partial charge in [0.1, 0.15) is 6.54 Å². The topological polar surface area (TPSA) is 62.3 Å². The van der Waals surface area contributed by atoms with E-state index < -0.39 is 0 Å². The molecule has 0 unspecified atom stereocenters. The van der Waals surface area contributed by atoms with E-state index >= 15 is 0 Å². The third-order valence-corrected chi connectivity index (χ3v) is 5.37. The zero-order chi connectivity index (χ0) is 19.4. The number of carbonyl (C=O) groups excluding carboxylic acids is 2. The highest BCUT2D eigenvalue weighted by molar-refractivity contribution is 7.15. The van der Waals surface area contributed by atoms with Gasteiger partial charge in [0.05, 0.1) is 5.69 Å². The Morgan fingerprint density at radius 3 is 2.52 bits per heavy atom. The molecule has 0 aliphatic rings. The molecule has 27 heavy (non-hydrogen) atoms. The van der Waals surface area contributed by atoms with Crippen LogP contribution < -0.4 is 5.32 Å². The first-order valence-electron chi connectivity index (χ1n) is 9.00. The fraction of sp³-hybridized carbons (Fsp3) is 0.286. The third kappa shape index (κ3) is 4.52. The van der Waals surface area contributed by atoms with Gasteiger partial charge in [-0.2, -0.15) is 0 Å². The Labute approximate surface area is 163 Å². The first-order valence-corrected chi connectivity index (χ1v) is 9.81. The summed E-state index contributed by atoms with van der Waals surface area (Å²) in [5.74, 6) is -0.365. The van der Waals surface area contributed by atoms with Gasteiger partial charge in [-0.15, -0.1) is 11.3 Å². The molecule has 1 heterocycles. The number of aryl methyl sites for hydroxylation is 2. The number of rotatable bonds is 6. The smallest absolute Gasteiger partial charge is 0.254 e. The highest BCUT2D eigenvalue weighted by atomic mass is 32.1.